The van der Waals surface area contributed by atoms with Crippen molar-refractivity contribution >= 4 is 0 Å². The smallest absolute Gasteiger partial charge is 0.229 e. The second kappa shape index (κ2) is 4.45. The highest BCUT2D eigenvalue weighted by Gasteiger charge is 2.11. The Morgan fingerprint density at radius 2 is 2.19 bits per heavy atom. The largest absolute Gasteiger partial charge is 0.441 e. The van der Waals surface area contributed by atoms with Gasteiger partial charge in [0.05, 0.1) is 17.9 Å². The molecule has 0 saturated heterocycles. The summed E-state index contributed by atoms with van der Waals surface area (Å²) in [5, 5.41) is 9.18. The molecule has 1 heterocycles. The van der Waals surface area contributed by atoms with Gasteiger partial charge in [-0.1, -0.05) is 12.1 Å². The number of halogens is 1. The van der Waals surface area contributed by atoms with Gasteiger partial charge in [-0.05, 0) is 19.1 Å². The van der Waals surface area contributed by atoms with Crippen molar-refractivity contribution in [2.75, 3.05) is 0 Å². The van der Waals surface area contributed by atoms with Crippen molar-refractivity contribution in [3.63, 3.8) is 0 Å². The molecule has 0 saturated carbocycles. The van der Waals surface area contributed by atoms with E-state index in [1.807, 2.05) is 0 Å². The van der Waals surface area contributed by atoms with Gasteiger partial charge in [0.1, 0.15) is 11.6 Å². The first kappa shape index (κ1) is 10.8. The third-order valence-electron chi connectivity index (χ3n) is 2.15. The molecule has 2 aromatic rings. The van der Waals surface area contributed by atoms with Gasteiger partial charge in [-0.3, -0.25) is 0 Å². The molecule has 0 aliphatic rings. The van der Waals surface area contributed by atoms with Crippen LogP contribution in [0.4, 0.5) is 4.39 Å². The Morgan fingerprint density at radius 3 is 2.88 bits per heavy atom. The Labute approximate surface area is 92.6 Å². The first-order chi connectivity index (χ1) is 7.66. The minimum absolute atomic E-state index is 0.244. The summed E-state index contributed by atoms with van der Waals surface area (Å²) in [5.41, 5.74) is 0.333. The quantitative estimate of drug-likeness (QED) is 0.865. The van der Waals surface area contributed by atoms with Crippen LogP contribution >= 0.6 is 0 Å². The predicted molar refractivity (Wildman–Crippen MR) is 57.3 cm³/mol. The fourth-order valence-electron chi connectivity index (χ4n) is 1.45. The molecule has 3 nitrogen and oxygen atoms in total. The standard InChI is InChI=1S/C12H12FNO2/c1-8(15)6-9-7-14-12(16-9)10-4-2-3-5-11(10)13/h2-5,7-8,15H,6H2,1H3. The van der Waals surface area contributed by atoms with E-state index in [1.165, 1.54) is 12.3 Å². The van der Waals surface area contributed by atoms with Crippen molar-refractivity contribution in [1.29, 1.82) is 0 Å². The summed E-state index contributed by atoms with van der Waals surface area (Å²) in [7, 11) is 0. The Morgan fingerprint density at radius 1 is 1.44 bits per heavy atom. The number of oxazole rings is 1. The van der Waals surface area contributed by atoms with Crippen LogP contribution in [-0.2, 0) is 6.42 Å². The van der Waals surface area contributed by atoms with E-state index in [1.54, 1.807) is 25.1 Å². The van der Waals surface area contributed by atoms with Crippen LogP contribution in [0, 0.1) is 5.82 Å². The van der Waals surface area contributed by atoms with Gasteiger partial charge in [0.25, 0.3) is 0 Å². The first-order valence-electron chi connectivity index (χ1n) is 5.04. The summed E-state index contributed by atoms with van der Waals surface area (Å²) in [6.45, 7) is 1.66. The molecule has 1 aromatic heterocycles. The molecule has 0 bridgehead atoms. The Kier molecular flexibility index (Phi) is 3.01. The van der Waals surface area contributed by atoms with Crippen molar-refractivity contribution in [3.05, 3.63) is 42.0 Å². The third-order valence-corrected chi connectivity index (χ3v) is 2.15. The number of benzene rings is 1. The van der Waals surface area contributed by atoms with Crippen molar-refractivity contribution in [2.45, 2.75) is 19.4 Å². The minimum Gasteiger partial charge on any atom is -0.441 e. The van der Waals surface area contributed by atoms with Gasteiger partial charge in [0.15, 0.2) is 0 Å². The van der Waals surface area contributed by atoms with Crippen molar-refractivity contribution in [2.24, 2.45) is 0 Å². The molecule has 1 aromatic carbocycles. The van der Waals surface area contributed by atoms with Crippen LogP contribution < -0.4 is 0 Å². The van der Waals surface area contributed by atoms with Crippen LogP contribution in [0.5, 0.6) is 0 Å². The average Bonchev–Trinajstić information content (AvgIpc) is 2.66. The van der Waals surface area contributed by atoms with Gasteiger partial charge in [0, 0.05) is 6.42 Å². The molecule has 84 valence electrons. The van der Waals surface area contributed by atoms with Gasteiger partial charge in [-0.25, -0.2) is 9.37 Å². The lowest BCUT2D eigenvalue weighted by Crippen LogP contribution is -2.02. The SMILES string of the molecule is CC(O)Cc1cnc(-c2ccccc2F)o1. The minimum atomic E-state index is -0.499. The summed E-state index contributed by atoms with van der Waals surface area (Å²) in [4.78, 5) is 3.98. The number of aliphatic hydroxyl groups is 1. The Bertz CT molecular complexity index is 479. The van der Waals surface area contributed by atoms with Gasteiger partial charge >= 0.3 is 0 Å². The lowest BCUT2D eigenvalue weighted by atomic mass is 10.2. The van der Waals surface area contributed by atoms with E-state index in [4.69, 9.17) is 4.42 Å². The number of aliphatic hydroxyl groups excluding tert-OH is 1. The number of rotatable bonds is 3. The van der Waals surface area contributed by atoms with Gasteiger partial charge in [0.2, 0.25) is 5.89 Å². The molecule has 0 amide bonds. The topological polar surface area (TPSA) is 46.3 Å². The molecule has 16 heavy (non-hydrogen) atoms. The van der Waals surface area contributed by atoms with E-state index in [9.17, 15) is 9.50 Å². The molecule has 4 heteroatoms. The molecular weight excluding hydrogens is 209 g/mol. The van der Waals surface area contributed by atoms with Gasteiger partial charge in [-0.15, -0.1) is 0 Å². The lowest BCUT2D eigenvalue weighted by molar-refractivity contribution is 0.187. The fraction of sp³-hybridized carbons (Fsp3) is 0.250. The normalized spacial score (nSPS) is 12.7. The summed E-state index contributed by atoms with van der Waals surface area (Å²) >= 11 is 0. The molecule has 0 fully saturated rings. The zero-order valence-electron chi connectivity index (χ0n) is 8.85. The van der Waals surface area contributed by atoms with E-state index in [2.05, 4.69) is 4.98 Å². The van der Waals surface area contributed by atoms with Gasteiger partial charge in [-0.2, -0.15) is 0 Å². The van der Waals surface area contributed by atoms with Crippen LogP contribution in [0.25, 0.3) is 11.5 Å². The van der Waals surface area contributed by atoms with Crippen molar-refractivity contribution < 1.29 is 13.9 Å². The molecular formula is C12H12FNO2. The molecule has 0 aliphatic carbocycles. The third kappa shape index (κ3) is 2.28. The maximum Gasteiger partial charge on any atom is 0.229 e. The summed E-state index contributed by atoms with van der Waals surface area (Å²) in [5.74, 6) is 0.426. The fourth-order valence-corrected chi connectivity index (χ4v) is 1.45. The van der Waals surface area contributed by atoms with Crippen LogP contribution in [0.3, 0.4) is 0 Å². The zero-order valence-corrected chi connectivity index (χ0v) is 8.85. The van der Waals surface area contributed by atoms with Gasteiger partial charge < -0.3 is 9.52 Å². The number of aromatic nitrogens is 1. The van der Waals surface area contributed by atoms with Crippen LogP contribution in [0.2, 0.25) is 0 Å². The van der Waals surface area contributed by atoms with E-state index >= 15 is 0 Å². The molecule has 0 spiro atoms. The molecule has 0 radical (unpaired) electrons. The Balaban J connectivity index is 2.28. The van der Waals surface area contributed by atoms with Crippen LogP contribution in [-0.4, -0.2) is 16.2 Å². The Hall–Kier alpha value is -1.68. The summed E-state index contributed by atoms with van der Waals surface area (Å²) < 4.78 is 18.7. The van der Waals surface area contributed by atoms with Crippen LogP contribution in [0.1, 0.15) is 12.7 Å². The number of hydrogen-bond donors (Lipinski definition) is 1. The second-order valence-corrected chi connectivity index (χ2v) is 3.66. The second-order valence-electron chi connectivity index (χ2n) is 3.66. The molecule has 1 N–H and O–H groups in total. The predicted octanol–water partition coefficient (Wildman–Crippen LogP) is 2.40. The number of hydrogen-bond acceptors (Lipinski definition) is 3. The van der Waals surface area contributed by atoms with E-state index in [-0.39, 0.29) is 11.7 Å². The zero-order chi connectivity index (χ0) is 11.5. The van der Waals surface area contributed by atoms with Crippen molar-refractivity contribution in [1.82, 2.24) is 4.98 Å². The molecule has 0 aliphatic heterocycles. The summed E-state index contributed by atoms with van der Waals surface area (Å²) in [6, 6.07) is 6.29. The number of nitrogens with zero attached hydrogens (tertiary/aromatic N) is 1. The highest BCUT2D eigenvalue weighted by Crippen LogP contribution is 2.22. The highest BCUT2D eigenvalue weighted by molar-refractivity contribution is 5.53. The monoisotopic (exact) mass is 221 g/mol. The molecule has 1 unspecified atom stereocenters. The van der Waals surface area contributed by atoms with E-state index in [0.717, 1.165) is 0 Å². The molecule has 1 atom stereocenters. The average molecular weight is 221 g/mol. The lowest BCUT2D eigenvalue weighted by Gasteiger charge is -1.99. The molecule has 2 rings (SSSR count). The first-order valence-corrected chi connectivity index (χ1v) is 5.04. The maximum atomic E-state index is 13.4. The van der Waals surface area contributed by atoms with Crippen LogP contribution in [0.15, 0.2) is 34.9 Å². The summed E-state index contributed by atoms with van der Waals surface area (Å²) in [6.07, 6.45) is 1.39. The van der Waals surface area contributed by atoms with E-state index in [0.29, 0.717) is 17.7 Å². The maximum absolute atomic E-state index is 13.4. The van der Waals surface area contributed by atoms with Crippen molar-refractivity contribution in [3.8, 4) is 11.5 Å². The van der Waals surface area contributed by atoms with E-state index < -0.39 is 6.10 Å². The highest BCUT2D eigenvalue weighted by atomic mass is 19.1.